The second kappa shape index (κ2) is 14.6. The number of nitrogens with one attached hydrogen (secondary N) is 2. The molecule has 0 unspecified atom stereocenters. The predicted molar refractivity (Wildman–Crippen MR) is 118 cm³/mol. The highest BCUT2D eigenvalue weighted by atomic mass is 79.9. The Morgan fingerprint density at radius 2 is 1.58 bits per heavy atom. The number of quaternary nitrogens is 1. The van der Waals surface area contributed by atoms with Crippen molar-refractivity contribution in [1.82, 2.24) is 10.6 Å². The Morgan fingerprint density at radius 1 is 0.962 bits per heavy atom. The number of nitrogens with two attached hydrogens (primary N) is 1. The molecule has 0 atom stereocenters. The smallest absolute Gasteiger partial charge is 0.104 e. The van der Waals surface area contributed by atoms with Crippen molar-refractivity contribution in [1.29, 1.82) is 0 Å². The molecule has 0 spiro atoms. The van der Waals surface area contributed by atoms with E-state index in [1.54, 1.807) is 0 Å². The molecule has 4 nitrogen and oxygen atoms in total. The minimum Gasteiger partial charge on any atom is -0.326 e. The van der Waals surface area contributed by atoms with Gasteiger partial charge in [-0.25, -0.2) is 0 Å². The van der Waals surface area contributed by atoms with Crippen LogP contribution in [0.25, 0.3) is 0 Å². The maximum absolute atomic E-state index is 5.85. The van der Waals surface area contributed by atoms with Crippen molar-refractivity contribution >= 4 is 15.9 Å². The molecular weight excluding hydrogens is 388 g/mol. The number of alkyl halides is 1. The summed E-state index contributed by atoms with van der Waals surface area (Å²) < 4.78 is 1.19. The number of halogens is 1. The van der Waals surface area contributed by atoms with Crippen LogP contribution in [0.3, 0.4) is 0 Å². The molecular formula is C21H40BrN4+. The molecule has 1 aromatic rings. The fourth-order valence-electron chi connectivity index (χ4n) is 3.73. The van der Waals surface area contributed by atoms with Crippen LogP contribution in [-0.2, 0) is 13.1 Å². The molecule has 0 radical (unpaired) electrons. The molecule has 0 amide bonds. The summed E-state index contributed by atoms with van der Waals surface area (Å²) in [5.74, 6) is 1.81. The van der Waals surface area contributed by atoms with E-state index in [1.165, 1.54) is 54.4 Å². The predicted octanol–water partition coefficient (Wildman–Crippen LogP) is 3.25. The Balaban J connectivity index is 0.00000163. The first-order chi connectivity index (χ1) is 12.8. The number of hydrogen-bond acceptors (Lipinski definition) is 3. The molecule has 1 aliphatic rings. The lowest BCUT2D eigenvalue weighted by molar-refractivity contribution is -0.928. The van der Waals surface area contributed by atoms with Crippen LogP contribution >= 0.6 is 15.9 Å². The second-order valence-corrected chi connectivity index (χ2v) is 7.26. The van der Waals surface area contributed by atoms with E-state index >= 15 is 0 Å². The Kier molecular flexibility index (Phi) is 13.2. The summed E-state index contributed by atoms with van der Waals surface area (Å²) in [6.45, 7) is 12.1. The molecule has 0 aromatic heterocycles. The second-order valence-electron chi connectivity index (χ2n) is 7.26. The zero-order valence-corrected chi connectivity index (χ0v) is 18.5. The molecule has 26 heavy (non-hydrogen) atoms. The maximum atomic E-state index is 5.85. The summed E-state index contributed by atoms with van der Waals surface area (Å²) in [5.41, 5.74) is 8.68. The third-order valence-corrected chi connectivity index (χ3v) is 5.17. The SMILES string of the molecule is CBr.CCCCNCCNCc1ccc(C[N+]2(CCN)CCCC2)cc1. The summed E-state index contributed by atoms with van der Waals surface area (Å²) in [7, 11) is 0. The fourth-order valence-corrected chi connectivity index (χ4v) is 3.73. The van der Waals surface area contributed by atoms with Gasteiger partial charge in [0.15, 0.2) is 0 Å². The van der Waals surface area contributed by atoms with Crippen LogP contribution in [0.5, 0.6) is 0 Å². The van der Waals surface area contributed by atoms with Gasteiger partial charge in [-0.3, -0.25) is 0 Å². The standard InChI is InChI=1S/C20H37N4.CH3Br/c1-2-3-11-22-12-13-23-17-19-6-8-20(9-7-19)18-24(16-10-21)14-4-5-15-24;1-2/h6-9,22-23H,2-5,10-18,21H2,1H3;1H3/q+1;. The molecule has 0 aliphatic carbocycles. The van der Waals surface area contributed by atoms with Crippen molar-refractivity contribution in [2.24, 2.45) is 5.73 Å². The van der Waals surface area contributed by atoms with Gasteiger partial charge in [-0.1, -0.05) is 53.5 Å². The van der Waals surface area contributed by atoms with Gasteiger partial charge in [0.25, 0.3) is 0 Å². The van der Waals surface area contributed by atoms with Gasteiger partial charge in [0, 0.05) is 44.6 Å². The van der Waals surface area contributed by atoms with Crippen molar-refractivity contribution in [3.63, 3.8) is 0 Å². The van der Waals surface area contributed by atoms with Crippen LogP contribution < -0.4 is 16.4 Å². The van der Waals surface area contributed by atoms with Gasteiger partial charge in [-0.15, -0.1) is 0 Å². The van der Waals surface area contributed by atoms with Crippen LogP contribution in [0.4, 0.5) is 0 Å². The molecule has 1 saturated heterocycles. The third-order valence-electron chi connectivity index (χ3n) is 5.17. The number of unbranched alkanes of at least 4 members (excludes halogenated alkanes) is 1. The van der Waals surface area contributed by atoms with E-state index in [4.69, 9.17) is 5.73 Å². The highest BCUT2D eigenvalue weighted by Gasteiger charge is 2.31. The van der Waals surface area contributed by atoms with Crippen LogP contribution in [0, 0.1) is 0 Å². The first-order valence-corrected chi connectivity index (χ1v) is 11.8. The van der Waals surface area contributed by atoms with Crippen molar-refractivity contribution in [2.75, 3.05) is 51.6 Å². The van der Waals surface area contributed by atoms with E-state index in [9.17, 15) is 0 Å². The lowest BCUT2D eigenvalue weighted by atomic mass is 10.1. The normalized spacial score (nSPS) is 15.5. The average molecular weight is 428 g/mol. The van der Waals surface area contributed by atoms with Gasteiger partial charge in [0.05, 0.1) is 19.6 Å². The lowest BCUT2D eigenvalue weighted by Crippen LogP contribution is -2.47. The molecule has 1 fully saturated rings. The van der Waals surface area contributed by atoms with E-state index in [1.807, 2.05) is 5.83 Å². The quantitative estimate of drug-likeness (QED) is 0.272. The van der Waals surface area contributed by atoms with Crippen LogP contribution in [0.1, 0.15) is 43.7 Å². The number of nitrogens with zero attached hydrogens (tertiary/aromatic N) is 1. The molecule has 4 N–H and O–H groups in total. The lowest BCUT2D eigenvalue weighted by Gasteiger charge is -2.34. The van der Waals surface area contributed by atoms with E-state index in [-0.39, 0.29) is 0 Å². The third kappa shape index (κ3) is 8.96. The fraction of sp³-hybridized carbons (Fsp3) is 0.714. The minimum atomic E-state index is 0.800. The molecule has 1 aromatic carbocycles. The van der Waals surface area contributed by atoms with Crippen molar-refractivity contribution in [3.8, 4) is 0 Å². The summed E-state index contributed by atoms with van der Waals surface area (Å²) in [4.78, 5) is 0. The summed E-state index contributed by atoms with van der Waals surface area (Å²) >= 11 is 2.94. The average Bonchev–Trinajstić information content (AvgIpc) is 3.12. The summed E-state index contributed by atoms with van der Waals surface area (Å²) in [6, 6.07) is 9.18. The monoisotopic (exact) mass is 427 g/mol. The number of benzene rings is 1. The summed E-state index contributed by atoms with van der Waals surface area (Å²) in [5, 5.41) is 6.98. The van der Waals surface area contributed by atoms with Gasteiger partial charge in [-0.05, 0) is 24.4 Å². The number of rotatable bonds is 12. The van der Waals surface area contributed by atoms with Crippen LogP contribution in [0.15, 0.2) is 24.3 Å². The Hall–Kier alpha value is -0.460. The molecule has 5 heteroatoms. The van der Waals surface area contributed by atoms with Crippen LogP contribution in [-0.4, -0.2) is 56.1 Å². The van der Waals surface area contributed by atoms with E-state index < -0.39 is 0 Å². The van der Waals surface area contributed by atoms with Crippen molar-refractivity contribution in [3.05, 3.63) is 35.4 Å². The highest BCUT2D eigenvalue weighted by molar-refractivity contribution is 9.08. The van der Waals surface area contributed by atoms with E-state index in [0.717, 1.165) is 45.8 Å². The zero-order valence-electron chi connectivity index (χ0n) is 16.9. The molecule has 2 rings (SSSR count). The number of hydrogen-bond donors (Lipinski definition) is 3. The summed E-state index contributed by atoms with van der Waals surface area (Å²) in [6.07, 6.45) is 5.24. The molecule has 0 bridgehead atoms. The van der Waals surface area contributed by atoms with Gasteiger partial charge < -0.3 is 20.9 Å². The topological polar surface area (TPSA) is 50.1 Å². The van der Waals surface area contributed by atoms with Gasteiger partial charge in [0.2, 0.25) is 0 Å². The van der Waals surface area contributed by atoms with Gasteiger partial charge in [-0.2, -0.15) is 0 Å². The van der Waals surface area contributed by atoms with E-state index in [0.29, 0.717) is 0 Å². The Morgan fingerprint density at radius 3 is 2.19 bits per heavy atom. The first kappa shape index (κ1) is 23.6. The molecule has 150 valence electrons. The largest absolute Gasteiger partial charge is 0.326 e. The van der Waals surface area contributed by atoms with Gasteiger partial charge in [0.1, 0.15) is 6.54 Å². The first-order valence-electron chi connectivity index (χ1n) is 10.2. The van der Waals surface area contributed by atoms with E-state index in [2.05, 4.69) is 57.8 Å². The minimum absolute atomic E-state index is 0.800. The Labute approximate surface area is 169 Å². The molecule has 0 saturated carbocycles. The van der Waals surface area contributed by atoms with Crippen LogP contribution in [0.2, 0.25) is 0 Å². The molecule has 1 aliphatic heterocycles. The number of likely N-dealkylation sites (tertiary alicyclic amines) is 1. The Bertz CT molecular complexity index is 444. The van der Waals surface area contributed by atoms with Gasteiger partial charge >= 0.3 is 0 Å². The highest BCUT2D eigenvalue weighted by Crippen LogP contribution is 2.23. The maximum Gasteiger partial charge on any atom is 0.104 e. The molecule has 1 heterocycles. The van der Waals surface area contributed by atoms with Crippen molar-refractivity contribution < 1.29 is 4.48 Å². The zero-order chi connectivity index (χ0) is 19.1. The van der Waals surface area contributed by atoms with Crippen molar-refractivity contribution in [2.45, 2.75) is 45.7 Å².